The fourth-order valence-corrected chi connectivity index (χ4v) is 4.76. The standard InChI is InChI=1S/C11H13BrClN.C11H14ClN/c12-9-4-5-11(10(13)8-9)14-6-2-1-3-7-14;12-10-6-2-3-7-11(10)13-8-4-1-5-9-13/h4-5,8H,1-3,6-7H2;2-3,6-7H,1,4-5,8-9H2. The Hall–Kier alpha value is -0.900. The van der Waals surface area contributed by atoms with Crippen molar-refractivity contribution in [2.24, 2.45) is 0 Å². The van der Waals surface area contributed by atoms with Gasteiger partial charge in [0, 0.05) is 30.7 Å². The molecule has 0 amide bonds. The van der Waals surface area contributed by atoms with Crippen LogP contribution in [0.3, 0.4) is 0 Å². The maximum atomic E-state index is 6.19. The molecule has 0 saturated carbocycles. The third kappa shape index (κ3) is 6.04. The molecule has 0 radical (unpaired) electrons. The molecule has 2 heterocycles. The summed E-state index contributed by atoms with van der Waals surface area (Å²) in [6.07, 6.45) is 7.88. The average molecular weight is 470 g/mol. The summed E-state index contributed by atoms with van der Waals surface area (Å²) >= 11 is 15.7. The summed E-state index contributed by atoms with van der Waals surface area (Å²) in [4.78, 5) is 4.75. The van der Waals surface area contributed by atoms with E-state index in [0.717, 1.165) is 40.7 Å². The molecule has 0 unspecified atom stereocenters. The van der Waals surface area contributed by atoms with Crippen LogP contribution in [0.4, 0.5) is 11.4 Å². The minimum atomic E-state index is 0.848. The van der Waals surface area contributed by atoms with E-state index in [4.69, 9.17) is 23.2 Å². The van der Waals surface area contributed by atoms with Crippen molar-refractivity contribution >= 4 is 50.5 Å². The van der Waals surface area contributed by atoms with E-state index in [-0.39, 0.29) is 0 Å². The monoisotopic (exact) mass is 468 g/mol. The molecule has 2 aromatic rings. The van der Waals surface area contributed by atoms with E-state index in [1.165, 1.54) is 49.9 Å². The van der Waals surface area contributed by atoms with Gasteiger partial charge in [0.2, 0.25) is 0 Å². The van der Waals surface area contributed by atoms with Gasteiger partial charge in [-0.15, -0.1) is 0 Å². The van der Waals surface area contributed by atoms with Crippen LogP contribution in [-0.4, -0.2) is 26.2 Å². The van der Waals surface area contributed by atoms with Gasteiger partial charge in [-0.2, -0.15) is 0 Å². The van der Waals surface area contributed by atoms with Crippen molar-refractivity contribution in [2.45, 2.75) is 38.5 Å². The fraction of sp³-hybridized carbons (Fsp3) is 0.455. The second-order valence-electron chi connectivity index (χ2n) is 7.14. The molecule has 2 saturated heterocycles. The normalized spacial score (nSPS) is 17.3. The average Bonchev–Trinajstić information content (AvgIpc) is 2.70. The first-order valence-electron chi connectivity index (χ1n) is 9.84. The Morgan fingerprint density at radius 2 is 1.15 bits per heavy atom. The Balaban J connectivity index is 0.000000156. The lowest BCUT2D eigenvalue weighted by atomic mass is 10.1. The van der Waals surface area contributed by atoms with Gasteiger partial charge in [0.05, 0.1) is 21.4 Å². The highest BCUT2D eigenvalue weighted by Gasteiger charge is 2.14. The number of hydrogen-bond acceptors (Lipinski definition) is 2. The van der Waals surface area contributed by atoms with Crippen LogP contribution in [-0.2, 0) is 0 Å². The van der Waals surface area contributed by atoms with Gasteiger partial charge in [-0.3, -0.25) is 0 Å². The molecule has 4 rings (SSSR count). The number of para-hydroxylation sites is 1. The van der Waals surface area contributed by atoms with Crippen molar-refractivity contribution in [2.75, 3.05) is 36.0 Å². The van der Waals surface area contributed by atoms with Crippen molar-refractivity contribution in [3.8, 4) is 0 Å². The van der Waals surface area contributed by atoms with E-state index in [9.17, 15) is 0 Å². The van der Waals surface area contributed by atoms with Crippen molar-refractivity contribution in [3.05, 3.63) is 57.0 Å². The van der Waals surface area contributed by atoms with Gasteiger partial charge in [-0.25, -0.2) is 0 Å². The summed E-state index contributed by atoms with van der Waals surface area (Å²) in [6.45, 7) is 4.59. The molecule has 0 atom stereocenters. The lowest BCUT2D eigenvalue weighted by Gasteiger charge is -2.29. The van der Waals surface area contributed by atoms with E-state index in [2.05, 4.69) is 50.0 Å². The number of halogens is 3. The van der Waals surface area contributed by atoms with E-state index >= 15 is 0 Å². The van der Waals surface area contributed by atoms with Gasteiger partial charge >= 0.3 is 0 Å². The van der Waals surface area contributed by atoms with Crippen LogP contribution in [0.5, 0.6) is 0 Å². The second-order valence-corrected chi connectivity index (χ2v) is 8.87. The maximum Gasteiger partial charge on any atom is 0.0650 e. The molecule has 0 aliphatic carbocycles. The highest BCUT2D eigenvalue weighted by molar-refractivity contribution is 9.10. The molecular formula is C22H27BrCl2N2. The largest absolute Gasteiger partial charge is 0.370 e. The summed E-state index contributed by atoms with van der Waals surface area (Å²) in [5.41, 5.74) is 2.37. The van der Waals surface area contributed by atoms with Gasteiger partial charge in [0.1, 0.15) is 0 Å². The first-order valence-corrected chi connectivity index (χ1v) is 11.4. The Bertz CT molecular complexity index is 726. The van der Waals surface area contributed by atoms with Crippen molar-refractivity contribution in [3.63, 3.8) is 0 Å². The Labute approximate surface area is 181 Å². The van der Waals surface area contributed by atoms with Crippen molar-refractivity contribution in [1.82, 2.24) is 0 Å². The summed E-state index contributed by atoms with van der Waals surface area (Å²) in [5, 5.41) is 1.73. The summed E-state index contributed by atoms with van der Waals surface area (Å²) in [5.74, 6) is 0. The van der Waals surface area contributed by atoms with Crippen LogP contribution in [0.15, 0.2) is 46.9 Å². The van der Waals surface area contributed by atoms with Crippen LogP contribution >= 0.6 is 39.1 Å². The zero-order valence-corrected chi connectivity index (χ0v) is 18.7. The van der Waals surface area contributed by atoms with E-state index in [1.54, 1.807) is 0 Å². The summed E-state index contributed by atoms with van der Waals surface area (Å²) in [6, 6.07) is 14.2. The predicted octanol–water partition coefficient (Wildman–Crippen LogP) is 7.42. The van der Waals surface area contributed by atoms with Crippen molar-refractivity contribution < 1.29 is 0 Å². The molecular weight excluding hydrogens is 443 g/mol. The fourth-order valence-electron chi connectivity index (χ4n) is 3.72. The molecule has 0 N–H and O–H groups in total. The molecule has 2 fully saturated rings. The first-order chi connectivity index (χ1) is 13.1. The number of benzene rings is 2. The molecule has 2 nitrogen and oxygen atoms in total. The number of anilines is 2. The molecule has 2 aromatic carbocycles. The molecule has 2 aliphatic rings. The van der Waals surface area contributed by atoms with Crippen LogP contribution in [0.1, 0.15) is 38.5 Å². The van der Waals surface area contributed by atoms with Gasteiger partial charge in [0.25, 0.3) is 0 Å². The highest BCUT2D eigenvalue weighted by Crippen LogP contribution is 2.30. The number of piperidine rings is 2. The van der Waals surface area contributed by atoms with Crippen LogP contribution < -0.4 is 9.80 Å². The van der Waals surface area contributed by atoms with Crippen LogP contribution in [0.25, 0.3) is 0 Å². The topological polar surface area (TPSA) is 6.48 Å². The number of rotatable bonds is 2. The highest BCUT2D eigenvalue weighted by atomic mass is 79.9. The third-order valence-electron chi connectivity index (χ3n) is 5.16. The minimum Gasteiger partial charge on any atom is -0.370 e. The molecule has 27 heavy (non-hydrogen) atoms. The summed E-state index contributed by atoms with van der Waals surface area (Å²) in [7, 11) is 0. The predicted molar refractivity (Wildman–Crippen MR) is 123 cm³/mol. The molecule has 0 spiro atoms. The first kappa shape index (κ1) is 20.8. The lowest BCUT2D eigenvalue weighted by Crippen LogP contribution is -2.29. The quantitative estimate of drug-likeness (QED) is 0.451. The molecule has 5 heteroatoms. The SMILES string of the molecule is Clc1cc(Br)ccc1N1CCCCC1.Clc1ccccc1N1CCCCC1. The minimum absolute atomic E-state index is 0.848. The second kappa shape index (κ2) is 10.6. The van der Waals surface area contributed by atoms with E-state index < -0.39 is 0 Å². The zero-order chi connectivity index (χ0) is 19.1. The Kier molecular flexibility index (Phi) is 8.17. The van der Waals surface area contributed by atoms with Crippen molar-refractivity contribution in [1.29, 1.82) is 0 Å². The Morgan fingerprint density at radius 3 is 1.67 bits per heavy atom. The third-order valence-corrected chi connectivity index (χ3v) is 6.27. The van der Waals surface area contributed by atoms with E-state index in [1.807, 2.05) is 18.2 Å². The number of hydrogen-bond donors (Lipinski definition) is 0. The van der Waals surface area contributed by atoms with Gasteiger partial charge < -0.3 is 9.80 Å². The molecule has 146 valence electrons. The number of nitrogens with zero attached hydrogens (tertiary/aromatic N) is 2. The van der Waals surface area contributed by atoms with Crippen LogP contribution in [0, 0.1) is 0 Å². The molecule has 0 bridgehead atoms. The zero-order valence-electron chi connectivity index (χ0n) is 15.6. The van der Waals surface area contributed by atoms with Gasteiger partial charge in [-0.05, 0) is 68.9 Å². The summed E-state index contributed by atoms with van der Waals surface area (Å²) < 4.78 is 1.04. The smallest absolute Gasteiger partial charge is 0.0650 e. The molecule has 2 aliphatic heterocycles. The maximum absolute atomic E-state index is 6.19. The van der Waals surface area contributed by atoms with Crippen LogP contribution in [0.2, 0.25) is 10.0 Å². The Morgan fingerprint density at radius 1 is 0.630 bits per heavy atom. The lowest BCUT2D eigenvalue weighted by molar-refractivity contribution is 0.578. The molecule has 0 aromatic heterocycles. The van der Waals surface area contributed by atoms with Gasteiger partial charge in [-0.1, -0.05) is 51.3 Å². The van der Waals surface area contributed by atoms with Gasteiger partial charge in [0.15, 0.2) is 0 Å². The van der Waals surface area contributed by atoms with E-state index in [0.29, 0.717) is 0 Å².